The number of hydrogen-bond donors (Lipinski definition) is 1. The average molecular weight is 297 g/mol. The summed E-state index contributed by atoms with van der Waals surface area (Å²) >= 11 is 0. The van der Waals surface area contributed by atoms with Crippen LogP contribution < -0.4 is 10.1 Å². The smallest absolute Gasteiger partial charge is 0.119 e. The molecule has 2 aromatic rings. The number of hydrogen-bond acceptors (Lipinski definition) is 2. The molecule has 0 atom stereocenters. The van der Waals surface area contributed by atoms with Gasteiger partial charge >= 0.3 is 0 Å². The van der Waals surface area contributed by atoms with Gasteiger partial charge in [0.05, 0.1) is 6.61 Å². The molecule has 0 unspecified atom stereocenters. The summed E-state index contributed by atoms with van der Waals surface area (Å²) in [4.78, 5) is 0. The van der Waals surface area contributed by atoms with Crippen LogP contribution in [-0.4, -0.2) is 13.2 Å². The number of unbranched alkanes of at least 4 members (excludes halogenated alkanes) is 1. The first-order chi connectivity index (χ1) is 10.8. The molecule has 0 amide bonds. The second-order valence-electron chi connectivity index (χ2n) is 5.70. The fourth-order valence-electron chi connectivity index (χ4n) is 2.38. The lowest BCUT2D eigenvalue weighted by Gasteiger charge is -2.09. The Morgan fingerprint density at radius 1 is 1.00 bits per heavy atom. The molecule has 2 rings (SSSR count). The summed E-state index contributed by atoms with van der Waals surface area (Å²) in [6.45, 7) is 7.06. The van der Waals surface area contributed by atoms with Crippen molar-refractivity contribution in [1.82, 2.24) is 5.32 Å². The van der Waals surface area contributed by atoms with E-state index in [0.29, 0.717) is 0 Å². The molecule has 2 nitrogen and oxygen atoms in total. The third-order valence-corrected chi connectivity index (χ3v) is 3.85. The fourth-order valence-corrected chi connectivity index (χ4v) is 2.38. The second-order valence-corrected chi connectivity index (χ2v) is 5.70. The van der Waals surface area contributed by atoms with Crippen LogP contribution in [0.15, 0.2) is 48.5 Å². The molecule has 0 aliphatic rings. The van der Waals surface area contributed by atoms with Gasteiger partial charge in [0.1, 0.15) is 5.75 Å². The van der Waals surface area contributed by atoms with Gasteiger partial charge in [-0.1, -0.05) is 49.7 Å². The first-order valence-corrected chi connectivity index (χ1v) is 8.26. The zero-order chi connectivity index (χ0) is 15.6. The lowest BCUT2D eigenvalue weighted by atomic mass is 10.1. The quantitative estimate of drug-likeness (QED) is 0.688. The molecule has 0 radical (unpaired) electrons. The third-order valence-electron chi connectivity index (χ3n) is 3.85. The molecule has 0 saturated heterocycles. The van der Waals surface area contributed by atoms with Crippen LogP contribution in [0.1, 0.15) is 36.5 Å². The Morgan fingerprint density at radius 3 is 2.50 bits per heavy atom. The molecule has 0 aliphatic heterocycles. The predicted molar refractivity (Wildman–Crippen MR) is 93.4 cm³/mol. The SMILES string of the molecule is CCCCOc1ccc(CNCCc2ccccc2C)cc1. The van der Waals surface area contributed by atoms with E-state index in [1.54, 1.807) is 0 Å². The third kappa shape index (κ3) is 5.53. The maximum Gasteiger partial charge on any atom is 0.119 e. The molecule has 0 heterocycles. The van der Waals surface area contributed by atoms with Crippen LogP contribution in [0, 0.1) is 6.92 Å². The van der Waals surface area contributed by atoms with E-state index in [9.17, 15) is 0 Å². The molecule has 0 aliphatic carbocycles. The summed E-state index contributed by atoms with van der Waals surface area (Å²) in [5.41, 5.74) is 4.10. The first-order valence-electron chi connectivity index (χ1n) is 8.26. The fraction of sp³-hybridized carbons (Fsp3) is 0.400. The van der Waals surface area contributed by atoms with Crippen LogP contribution in [0.25, 0.3) is 0 Å². The molecule has 0 spiro atoms. The molecule has 0 saturated carbocycles. The standard InChI is InChI=1S/C20H27NO/c1-3-4-15-22-20-11-9-18(10-12-20)16-21-14-13-19-8-6-5-7-17(19)2/h5-12,21H,3-4,13-16H2,1-2H3. The van der Waals surface area contributed by atoms with Crippen molar-refractivity contribution in [1.29, 1.82) is 0 Å². The van der Waals surface area contributed by atoms with Gasteiger partial charge in [-0.25, -0.2) is 0 Å². The van der Waals surface area contributed by atoms with Crippen molar-refractivity contribution in [3.05, 3.63) is 65.2 Å². The van der Waals surface area contributed by atoms with Crippen molar-refractivity contribution >= 4 is 0 Å². The molecule has 0 bridgehead atoms. The highest BCUT2D eigenvalue weighted by Gasteiger charge is 1.98. The van der Waals surface area contributed by atoms with E-state index in [1.165, 1.54) is 23.1 Å². The van der Waals surface area contributed by atoms with Crippen LogP contribution in [0.2, 0.25) is 0 Å². The van der Waals surface area contributed by atoms with Crippen molar-refractivity contribution in [2.75, 3.05) is 13.2 Å². The van der Waals surface area contributed by atoms with Crippen LogP contribution >= 0.6 is 0 Å². The summed E-state index contributed by atoms with van der Waals surface area (Å²) in [5, 5.41) is 3.51. The Bertz CT molecular complexity index is 548. The molecule has 1 N–H and O–H groups in total. The van der Waals surface area contributed by atoms with Gasteiger partial charge in [0.2, 0.25) is 0 Å². The van der Waals surface area contributed by atoms with Gasteiger partial charge in [0.15, 0.2) is 0 Å². The minimum Gasteiger partial charge on any atom is -0.494 e. The van der Waals surface area contributed by atoms with E-state index in [2.05, 4.69) is 67.7 Å². The Labute approximate surface area is 134 Å². The number of aryl methyl sites for hydroxylation is 1. The average Bonchev–Trinajstić information content (AvgIpc) is 2.55. The number of ether oxygens (including phenoxy) is 1. The highest BCUT2D eigenvalue weighted by Crippen LogP contribution is 2.13. The van der Waals surface area contributed by atoms with Gasteiger partial charge in [-0.05, 0) is 55.1 Å². The van der Waals surface area contributed by atoms with Crippen LogP contribution in [0.5, 0.6) is 5.75 Å². The lowest BCUT2D eigenvalue weighted by molar-refractivity contribution is 0.309. The summed E-state index contributed by atoms with van der Waals surface area (Å²) in [5.74, 6) is 0.970. The molecular formula is C20H27NO. The van der Waals surface area contributed by atoms with Crippen molar-refractivity contribution in [2.45, 2.75) is 39.7 Å². The minimum atomic E-state index is 0.810. The lowest BCUT2D eigenvalue weighted by Crippen LogP contribution is -2.17. The predicted octanol–water partition coefficient (Wildman–Crippen LogP) is 4.51. The maximum atomic E-state index is 5.68. The molecule has 118 valence electrons. The van der Waals surface area contributed by atoms with Gasteiger partial charge in [0.25, 0.3) is 0 Å². The highest BCUT2D eigenvalue weighted by atomic mass is 16.5. The largest absolute Gasteiger partial charge is 0.494 e. The Balaban J connectivity index is 1.70. The molecular weight excluding hydrogens is 270 g/mol. The Morgan fingerprint density at radius 2 is 1.77 bits per heavy atom. The zero-order valence-electron chi connectivity index (χ0n) is 13.8. The summed E-state index contributed by atoms with van der Waals surface area (Å²) < 4.78 is 5.68. The van der Waals surface area contributed by atoms with Crippen molar-refractivity contribution in [3.63, 3.8) is 0 Å². The van der Waals surface area contributed by atoms with Crippen molar-refractivity contribution in [2.24, 2.45) is 0 Å². The maximum absolute atomic E-state index is 5.68. The normalized spacial score (nSPS) is 10.6. The van der Waals surface area contributed by atoms with E-state index >= 15 is 0 Å². The Kier molecular flexibility index (Phi) is 6.98. The number of rotatable bonds is 9. The molecule has 0 aromatic heterocycles. The van der Waals surface area contributed by atoms with Crippen molar-refractivity contribution < 1.29 is 4.74 Å². The van der Waals surface area contributed by atoms with Gasteiger partial charge in [0, 0.05) is 6.54 Å². The highest BCUT2D eigenvalue weighted by molar-refractivity contribution is 5.27. The van der Waals surface area contributed by atoms with E-state index in [1.807, 2.05) is 0 Å². The van der Waals surface area contributed by atoms with E-state index in [4.69, 9.17) is 4.74 Å². The zero-order valence-corrected chi connectivity index (χ0v) is 13.8. The van der Waals surface area contributed by atoms with Gasteiger partial charge < -0.3 is 10.1 Å². The molecule has 0 fully saturated rings. The molecule has 2 aromatic carbocycles. The van der Waals surface area contributed by atoms with E-state index in [0.717, 1.165) is 38.3 Å². The van der Waals surface area contributed by atoms with Crippen molar-refractivity contribution in [3.8, 4) is 5.75 Å². The van der Waals surface area contributed by atoms with Crippen LogP contribution in [0.3, 0.4) is 0 Å². The number of benzene rings is 2. The number of nitrogens with one attached hydrogen (secondary N) is 1. The Hall–Kier alpha value is -1.80. The summed E-state index contributed by atoms with van der Waals surface area (Å²) in [6, 6.07) is 17.0. The van der Waals surface area contributed by atoms with Crippen LogP contribution in [-0.2, 0) is 13.0 Å². The summed E-state index contributed by atoms with van der Waals surface area (Å²) in [6.07, 6.45) is 3.36. The van der Waals surface area contributed by atoms with E-state index < -0.39 is 0 Å². The van der Waals surface area contributed by atoms with Gasteiger partial charge in [-0.3, -0.25) is 0 Å². The molecule has 22 heavy (non-hydrogen) atoms. The topological polar surface area (TPSA) is 21.3 Å². The summed E-state index contributed by atoms with van der Waals surface area (Å²) in [7, 11) is 0. The van der Waals surface area contributed by atoms with Gasteiger partial charge in [-0.15, -0.1) is 0 Å². The van der Waals surface area contributed by atoms with Crippen LogP contribution in [0.4, 0.5) is 0 Å². The van der Waals surface area contributed by atoms with E-state index in [-0.39, 0.29) is 0 Å². The monoisotopic (exact) mass is 297 g/mol. The second kappa shape index (κ2) is 9.26. The molecule has 2 heteroatoms. The van der Waals surface area contributed by atoms with Gasteiger partial charge in [-0.2, -0.15) is 0 Å². The first kappa shape index (κ1) is 16.6. The minimum absolute atomic E-state index is 0.810.